The lowest BCUT2D eigenvalue weighted by Crippen LogP contribution is -2.40. The van der Waals surface area contributed by atoms with Crippen molar-refractivity contribution in [3.63, 3.8) is 0 Å². The summed E-state index contributed by atoms with van der Waals surface area (Å²) in [4.78, 5) is 11.9. The number of carbonyl (C=O) groups is 1. The molecule has 102 valence electrons. The lowest BCUT2D eigenvalue weighted by Gasteiger charge is -2.28. The maximum absolute atomic E-state index is 11.9. The summed E-state index contributed by atoms with van der Waals surface area (Å²) < 4.78 is 10.6. The van der Waals surface area contributed by atoms with Gasteiger partial charge in [0.1, 0.15) is 0 Å². The van der Waals surface area contributed by atoms with Gasteiger partial charge in [-0.15, -0.1) is 0 Å². The fourth-order valence-electron chi connectivity index (χ4n) is 1.62. The fourth-order valence-corrected chi connectivity index (χ4v) is 1.62. The van der Waals surface area contributed by atoms with Crippen LogP contribution in [0.3, 0.4) is 0 Å². The fraction of sp³-hybridized carbons (Fsp3) is 0.923. The quantitative estimate of drug-likeness (QED) is 0.498. The van der Waals surface area contributed by atoms with Crippen LogP contribution in [0, 0.1) is 11.3 Å². The van der Waals surface area contributed by atoms with Crippen molar-refractivity contribution in [3.8, 4) is 0 Å². The van der Waals surface area contributed by atoms with Crippen LogP contribution in [-0.4, -0.2) is 32.3 Å². The molecule has 1 atom stereocenters. The number of esters is 1. The highest BCUT2D eigenvalue weighted by molar-refractivity contribution is 5.77. The predicted molar refractivity (Wildman–Crippen MR) is 68.7 cm³/mol. The molecule has 0 rings (SSSR count). The Bertz CT molecular complexity index is 213. The first kappa shape index (κ1) is 16.4. The lowest BCUT2D eigenvalue weighted by molar-refractivity contribution is -0.156. The van der Waals surface area contributed by atoms with Crippen LogP contribution in [0.5, 0.6) is 0 Å². The Morgan fingerprint density at radius 3 is 2.41 bits per heavy atom. The monoisotopic (exact) mass is 245 g/mol. The zero-order chi connectivity index (χ0) is 13.3. The summed E-state index contributed by atoms with van der Waals surface area (Å²) in [5.41, 5.74) is 5.16. The van der Waals surface area contributed by atoms with Crippen molar-refractivity contribution < 1.29 is 14.3 Å². The summed E-state index contributed by atoms with van der Waals surface area (Å²) in [6.07, 6.45) is 1.32. The molecule has 0 bridgehead atoms. The van der Waals surface area contributed by atoms with Crippen LogP contribution in [-0.2, 0) is 14.3 Å². The Hall–Kier alpha value is -0.610. The first-order valence-corrected chi connectivity index (χ1v) is 6.47. The van der Waals surface area contributed by atoms with E-state index in [4.69, 9.17) is 15.2 Å². The standard InChI is InChI=1S/C13H27NO3/c1-5-13(10-14,12(15)17-6-2)7-8-16-9-11(3)4/h11H,5-10,14H2,1-4H3. The number of rotatable bonds is 9. The molecule has 0 aromatic heterocycles. The molecule has 0 heterocycles. The van der Waals surface area contributed by atoms with Gasteiger partial charge in [-0.25, -0.2) is 0 Å². The van der Waals surface area contributed by atoms with Gasteiger partial charge < -0.3 is 15.2 Å². The maximum Gasteiger partial charge on any atom is 0.313 e. The van der Waals surface area contributed by atoms with E-state index in [-0.39, 0.29) is 5.97 Å². The molecule has 1 unspecified atom stereocenters. The van der Waals surface area contributed by atoms with Gasteiger partial charge in [0.05, 0.1) is 12.0 Å². The molecule has 4 heteroatoms. The maximum atomic E-state index is 11.9. The van der Waals surface area contributed by atoms with E-state index in [1.54, 1.807) is 0 Å². The lowest BCUT2D eigenvalue weighted by atomic mass is 9.82. The van der Waals surface area contributed by atoms with Crippen molar-refractivity contribution >= 4 is 5.97 Å². The molecule has 0 aliphatic rings. The van der Waals surface area contributed by atoms with Crippen molar-refractivity contribution in [2.24, 2.45) is 17.1 Å². The van der Waals surface area contributed by atoms with Gasteiger partial charge in [0, 0.05) is 19.8 Å². The largest absolute Gasteiger partial charge is 0.466 e. The molecular weight excluding hydrogens is 218 g/mol. The first-order valence-electron chi connectivity index (χ1n) is 6.47. The molecule has 0 saturated carbocycles. The zero-order valence-electron chi connectivity index (χ0n) is 11.6. The molecule has 0 aromatic carbocycles. The predicted octanol–water partition coefficient (Wildman–Crippen LogP) is 1.97. The summed E-state index contributed by atoms with van der Waals surface area (Å²) in [5.74, 6) is 0.310. The van der Waals surface area contributed by atoms with Gasteiger partial charge in [0.2, 0.25) is 0 Å². The van der Waals surface area contributed by atoms with E-state index in [1.807, 2.05) is 13.8 Å². The van der Waals surface area contributed by atoms with E-state index in [0.29, 0.717) is 45.1 Å². The van der Waals surface area contributed by atoms with E-state index in [1.165, 1.54) is 0 Å². The molecule has 17 heavy (non-hydrogen) atoms. The van der Waals surface area contributed by atoms with Crippen molar-refractivity contribution in [2.45, 2.75) is 40.5 Å². The van der Waals surface area contributed by atoms with E-state index >= 15 is 0 Å². The van der Waals surface area contributed by atoms with Gasteiger partial charge >= 0.3 is 5.97 Å². The minimum Gasteiger partial charge on any atom is -0.466 e. The van der Waals surface area contributed by atoms with Crippen molar-refractivity contribution in [1.29, 1.82) is 0 Å². The van der Waals surface area contributed by atoms with Crippen molar-refractivity contribution in [3.05, 3.63) is 0 Å². The second kappa shape index (κ2) is 8.48. The minimum atomic E-state index is -0.576. The molecule has 0 spiro atoms. The van der Waals surface area contributed by atoms with Crippen molar-refractivity contribution in [2.75, 3.05) is 26.4 Å². The van der Waals surface area contributed by atoms with Crippen LogP contribution in [0.15, 0.2) is 0 Å². The number of hydrogen-bond donors (Lipinski definition) is 1. The summed E-state index contributed by atoms with van der Waals surface area (Å²) >= 11 is 0. The normalized spacial score (nSPS) is 14.7. The molecule has 0 radical (unpaired) electrons. The molecule has 4 nitrogen and oxygen atoms in total. The number of nitrogens with two attached hydrogens (primary N) is 1. The summed E-state index contributed by atoms with van der Waals surface area (Å²) in [6, 6.07) is 0. The van der Waals surface area contributed by atoms with Gasteiger partial charge in [-0.05, 0) is 25.7 Å². The van der Waals surface area contributed by atoms with Crippen LogP contribution in [0.4, 0.5) is 0 Å². The Labute approximate surface area is 105 Å². The summed E-state index contributed by atoms with van der Waals surface area (Å²) in [6.45, 7) is 9.95. The molecular formula is C13H27NO3. The Morgan fingerprint density at radius 2 is 2.00 bits per heavy atom. The van der Waals surface area contributed by atoms with Gasteiger partial charge in [-0.2, -0.15) is 0 Å². The SMILES string of the molecule is CCOC(=O)C(CC)(CN)CCOCC(C)C. The smallest absolute Gasteiger partial charge is 0.313 e. The van der Waals surface area contributed by atoms with Crippen LogP contribution < -0.4 is 5.73 Å². The average molecular weight is 245 g/mol. The molecule has 2 N–H and O–H groups in total. The van der Waals surface area contributed by atoms with E-state index < -0.39 is 5.41 Å². The van der Waals surface area contributed by atoms with Gasteiger partial charge in [0.15, 0.2) is 0 Å². The third-order valence-electron chi connectivity index (χ3n) is 2.95. The molecule has 0 aliphatic carbocycles. The van der Waals surface area contributed by atoms with Crippen LogP contribution >= 0.6 is 0 Å². The molecule has 0 fully saturated rings. The number of carbonyl (C=O) groups excluding carboxylic acids is 1. The second-order valence-corrected chi connectivity index (χ2v) is 4.78. The highest BCUT2D eigenvalue weighted by Gasteiger charge is 2.36. The molecule has 0 aromatic rings. The van der Waals surface area contributed by atoms with Crippen LogP contribution in [0.2, 0.25) is 0 Å². The third-order valence-corrected chi connectivity index (χ3v) is 2.95. The topological polar surface area (TPSA) is 61.5 Å². The molecule has 0 saturated heterocycles. The zero-order valence-corrected chi connectivity index (χ0v) is 11.6. The molecule has 0 aliphatic heterocycles. The number of hydrogen-bond acceptors (Lipinski definition) is 4. The molecule has 0 amide bonds. The van der Waals surface area contributed by atoms with Gasteiger partial charge in [-0.1, -0.05) is 20.8 Å². The van der Waals surface area contributed by atoms with Gasteiger partial charge in [-0.3, -0.25) is 4.79 Å². The summed E-state index contributed by atoms with van der Waals surface area (Å²) in [7, 11) is 0. The Balaban J connectivity index is 4.25. The second-order valence-electron chi connectivity index (χ2n) is 4.78. The van der Waals surface area contributed by atoms with E-state index in [0.717, 1.165) is 0 Å². The average Bonchev–Trinajstić information content (AvgIpc) is 2.30. The van der Waals surface area contributed by atoms with Crippen LogP contribution in [0.1, 0.15) is 40.5 Å². The van der Waals surface area contributed by atoms with E-state index in [9.17, 15) is 4.79 Å². The van der Waals surface area contributed by atoms with Gasteiger partial charge in [0.25, 0.3) is 0 Å². The highest BCUT2D eigenvalue weighted by atomic mass is 16.5. The Kier molecular flexibility index (Phi) is 8.17. The first-order chi connectivity index (χ1) is 8.02. The van der Waals surface area contributed by atoms with Crippen molar-refractivity contribution in [1.82, 2.24) is 0 Å². The minimum absolute atomic E-state index is 0.196. The number of ether oxygens (including phenoxy) is 2. The Morgan fingerprint density at radius 1 is 1.35 bits per heavy atom. The van der Waals surface area contributed by atoms with E-state index in [2.05, 4.69) is 13.8 Å². The van der Waals surface area contributed by atoms with Crippen LogP contribution in [0.25, 0.3) is 0 Å². The summed E-state index contributed by atoms with van der Waals surface area (Å²) in [5, 5.41) is 0. The third kappa shape index (κ3) is 5.50. The highest BCUT2D eigenvalue weighted by Crippen LogP contribution is 2.27.